The molecule has 2 unspecified atom stereocenters. The second-order valence-electron chi connectivity index (χ2n) is 5.77. The van der Waals surface area contributed by atoms with Gasteiger partial charge in [0.25, 0.3) is 5.91 Å². The van der Waals surface area contributed by atoms with Gasteiger partial charge in [-0.25, -0.2) is 4.39 Å². The number of hydrogen-bond donors (Lipinski definition) is 1. The van der Waals surface area contributed by atoms with Crippen LogP contribution in [-0.4, -0.2) is 17.4 Å². The van der Waals surface area contributed by atoms with Crippen molar-refractivity contribution in [3.05, 3.63) is 59.3 Å². The minimum atomic E-state index is -0.280. The number of rotatable bonds is 3. The highest BCUT2D eigenvalue weighted by Crippen LogP contribution is 2.38. The fraction of sp³-hybridized carbons (Fsp3) is 0.353. The van der Waals surface area contributed by atoms with Gasteiger partial charge in [0.05, 0.1) is 18.2 Å². The quantitative estimate of drug-likeness (QED) is 0.931. The molecule has 1 aromatic carbocycles. The van der Waals surface area contributed by atoms with Crippen molar-refractivity contribution in [2.75, 3.05) is 6.54 Å². The van der Waals surface area contributed by atoms with Crippen LogP contribution in [0.5, 0.6) is 0 Å². The van der Waals surface area contributed by atoms with Gasteiger partial charge in [0.15, 0.2) is 0 Å². The Hall–Kier alpha value is -1.85. The van der Waals surface area contributed by atoms with E-state index in [0.29, 0.717) is 17.9 Å². The maximum absolute atomic E-state index is 13.5. The molecule has 0 bridgehead atoms. The lowest BCUT2D eigenvalue weighted by atomic mass is 9.95. The van der Waals surface area contributed by atoms with Crippen molar-refractivity contribution < 1.29 is 13.6 Å². The summed E-state index contributed by atoms with van der Waals surface area (Å²) in [6.07, 6.45) is 2.34. The third-order valence-electron chi connectivity index (χ3n) is 4.25. The standard InChI is InChI=1S/C17H19FN2O2.ClH/c1-11-5-6-20(16(11)12-3-2-4-14(18)7-12)17(21)13-8-15(9-19)22-10-13;/h2-4,7-8,10-11,16H,5-6,9,19H2,1H3;1H. The van der Waals surface area contributed by atoms with Gasteiger partial charge in [-0.2, -0.15) is 0 Å². The van der Waals surface area contributed by atoms with Crippen LogP contribution in [0.3, 0.4) is 0 Å². The van der Waals surface area contributed by atoms with Gasteiger partial charge < -0.3 is 15.1 Å². The summed E-state index contributed by atoms with van der Waals surface area (Å²) in [5.41, 5.74) is 6.84. The van der Waals surface area contributed by atoms with Crippen LogP contribution in [0.4, 0.5) is 4.39 Å². The van der Waals surface area contributed by atoms with Crippen molar-refractivity contribution in [3.63, 3.8) is 0 Å². The van der Waals surface area contributed by atoms with Crippen molar-refractivity contribution in [1.82, 2.24) is 4.90 Å². The smallest absolute Gasteiger partial charge is 0.257 e. The fourth-order valence-electron chi connectivity index (χ4n) is 3.14. The third kappa shape index (κ3) is 3.41. The Kier molecular flexibility index (Phi) is 5.44. The molecule has 0 aliphatic carbocycles. The molecule has 2 heterocycles. The van der Waals surface area contributed by atoms with Crippen LogP contribution in [0.25, 0.3) is 0 Å². The van der Waals surface area contributed by atoms with Gasteiger partial charge in [0.2, 0.25) is 0 Å². The molecule has 3 rings (SSSR count). The molecule has 1 saturated heterocycles. The number of amides is 1. The van der Waals surface area contributed by atoms with Gasteiger partial charge in [-0.3, -0.25) is 4.79 Å². The summed E-state index contributed by atoms with van der Waals surface area (Å²) in [5.74, 6) is 0.490. The summed E-state index contributed by atoms with van der Waals surface area (Å²) in [6, 6.07) is 8.04. The molecule has 1 fully saturated rings. The summed E-state index contributed by atoms with van der Waals surface area (Å²) in [7, 11) is 0. The molecule has 23 heavy (non-hydrogen) atoms. The van der Waals surface area contributed by atoms with Crippen LogP contribution < -0.4 is 5.73 Å². The van der Waals surface area contributed by atoms with Gasteiger partial charge in [-0.15, -0.1) is 12.4 Å². The first-order valence-electron chi connectivity index (χ1n) is 7.44. The van der Waals surface area contributed by atoms with E-state index < -0.39 is 0 Å². The largest absolute Gasteiger partial charge is 0.467 e. The van der Waals surface area contributed by atoms with Crippen LogP contribution in [0.1, 0.15) is 41.1 Å². The summed E-state index contributed by atoms with van der Waals surface area (Å²) >= 11 is 0. The highest BCUT2D eigenvalue weighted by molar-refractivity contribution is 5.94. The predicted molar refractivity (Wildman–Crippen MR) is 87.8 cm³/mol. The van der Waals surface area contributed by atoms with E-state index in [9.17, 15) is 9.18 Å². The number of carbonyl (C=O) groups is 1. The third-order valence-corrected chi connectivity index (χ3v) is 4.25. The number of nitrogens with two attached hydrogens (primary N) is 1. The molecule has 1 aliphatic rings. The number of nitrogens with zero attached hydrogens (tertiary/aromatic N) is 1. The highest BCUT2D eigenvalue weighted by atomic mass is 35.5. The number of benzene rings is 1. The molecule has 124 valence electrons. The second kappa shape index (κ2) is 7.15. The van der Waals surface area contributed by atoms with Crippen LogP contribution in [0, 0.1) is 11.7 Å². The average Bonchev–Trinajstić information content (AvgIpc) is 3.13. The van der Waals surface area contributed by atoms with Crippen molar-refractivity contribution in [2.24, 2.45) is 11.7 Å². The molecule has 2 N–H and O–H groups in total. The molecule has 0 saturated carbocycles. The van der Waals surface area contributed by atoms with Crippen LogP contribution in [-0.2, 0) is 6.54 Å². The zero-order chi connectivity index (χ0) is 15.7. The monoisotopic (exact) mass is 338 g/mol. The molecular formula is C17H20ClFN2O2. The molecule has 2 aromatic rings. The van der Waals surface area contributed by atoms with E-state index in [4.69, 9.17) is 10.2 Å². The molecule has 2 atom stereocenters. The molecule has 0 radical (unpaired) electrons. The molecule has 1 aliphatic heterocycles. The topological polar surface area (TPSA) is 59.5 Å². The molecular weight excluding hydrogens is 319 g/mol. The molecule has 1 amide bonds. The normalized spacial score (nSPS) is 20.4. The number of likely N-dealkylation sites (tertiary alicyclic amines) is 1. The highest BCUT2D eigenvalue weighted by Gasteiger charge is 2.36. The first-order chi connectivity index (χ1) is 10.6. The van der Waals surface area contributed by atoms with Crippen LogP contribution in [0.2, 0.25) is 0 Å². The summed E-state index contributed by atoms with van der Waals surface area (Å²) < 4.78 is 18.8. The van der Waals surface area contributed by atoms with E-state index in [1.54, 1.807) is 17.0 Å². The summed E-state index contributed by atoms with van der Waals surface area (Å²) in [4.78, 5) is 14.5. The van der Waals surface area contributed by atoms with E-state index >= 15 is 0 Å². The van der Waals surface area contributed by atoms with E-state index in [0.717, 1.165) is 12.0 Å². The number of halogens is 2. The fourth-order valence-corrected chi connectivity index (χ4v) is 3.14. The maximum atomic E-state index is 13.5. The Morgan fingerprint density at radius 1 is 1.43 bits per heavy atom. The lowest BCUT2D eigenvalue weighted by molar-refractivity contribution is 0.0719. The van der Waals surface area contributed by atoms with E-state index in [2.05, 4.69) is 6.92 Å². The Morgan fingerprint density at radius 2 is 2.22 bits per heavy atom. The Labute approximate surface area is 140 Å². The van der Waals surface area contributed by atoms with E-state index in [1.165, 1.54) is 18.4 Å². The second-order valence-corrected chi connectivity index (χ2v) is 5.77. The van der Waals surface area contributed by atoms with Crippen LogP contribution in [0.15, 0.2) is 41.0 Å². The zero-order valence-electron chi connectivity index (χ0n) is 12.9. The molecule has 1 aromatic heterocycles. The van der Waals surface area contributed by atoms with Crippen molar-refractivity contribution in [2.45, 2.75) is 25.9 Å². The molecule has 0 spiro atoms. The van der Waals surface area contributed by atoms with Crippen molar-refractivity contribution in [3.8, 4) is 0 Å². The zero-order valence-corrected chi connectivity index (χ0v) is 13.7. The Balaban J connectivity index is 0.00000192. The van der Waals surface area contributed by atoms with Crippen molar-refractivity contribution >= 4 is 18.3 Å². The number of hydrogen-bond acceptors (Lipinski definition) is 3. The minimum Gasteiger partial charge on any atom is -0.467 e. The van der Waals surface area contributed by atoms with Gasteiger partial charge in [0, 0.05) is 6.54 Å². The Morgan fingerprint density at radius 3 is 2.87 bits per heavy atom. The summed E-state index contributed by atoms with van der Waals surface area (Å²) in [6.45, 7) is 3.00. The van der Waals surface area contributed by atoms with E-state index in [1.807, 2.05) is 6.07 Å². The molecule has 4 nitrogen and oxygen atoms in total. The number of carbonyl (C=O) groups excluding carboxylic acids is 1. The first-order valence-corrected chi connectivity index (χ1v) is 7.44. The molecule has 6 heteroatoms. The average molecular weight is 339 g/mol. The van der Waals surface area contributed by atoms with Gasteiger partial charge in [-0.1, -0.05) is 19.1 Å². The Bertz CT molecular complexity index is 689. The first kappa shape index (κ1) is 17.5. The van der Waals surface area contributed by atoms with E-state index in [-0.39, 0.29) is 42.6 Å². The SMILES string of the molecule is CC1CCN(C(=O)c2coc(CN)c2)C1c1cccc(F)c1.Cl. The minimum absolute atomic E-state index is 0. The lowest BCUT2D eigenvalue weighted by Gasteiger charge is -2.27. The maximum Gasteiger partial charge on any atom is 0.257 e. The van der Waals surface area contributed by atoms with Gasteiger partial charge in [0.1, 0.15) is 17.8 Å². The predicted octanol–water partition coefficient (Wildman–Crippen LogP) is 3.52. The summed E-state index contributed by atoms with van der Waals surface area (Å²) in [5, 5.41) is 0. The lowest BCUT2D eigenvalue weighted by Crippen LogP contribution is -2.31. The van der Waals surface area contributed by atoms with Crippen molar-refractivity contribution in [1.29, 1.82) is 0 Å². The van der Waals surface area contributed by atoms with Gasteiger partial charge >= 0.3 is 0 Å². The van der Waals surface area contributed by atoms with Gasteiger partial charge in [-0.05, 0) is 36.1 Å². The number of furan rings is 1. The van der Waals surface area contributed by atoms with Crippen LogP contribution >= 0.6 is 12.4 Å².